The maximum absolute atomic E-state index is 11.4. The average Bonchev–Trinajstić information content (AvgIpc) is 2.64. The summed E-state index contributed by atoms with van der Waals surface area (Å²) in [5, 5.41) is 3.41. The Labute approximate surface area is 91.8 Å². The zero-order valence-electron chi connectivity index (χ0n) is 7.84. The van der Waals surface area contributed by atoms with Crippen molar-refractivity contribution in [2.75, 3.05) is 13.2 Å². The number of nitrogens with zero attached hydrogens (tertiary/aromatic N) is 1. The van der Waals surface area contributed by atoms with Gasteiger partial charge in [0.05, 0.1) is 13.2 Å². The molecular weight excluding hydrogens is 236 g/mol. The second-order valence-electron chi connectivity index (χ2n) is 3.23. The summed E-state index contributed by atoms with van der Waals surface area (Å²) in [7, 11) is -3.46. The van der Waals surface area contributed by atoms with Gasteiger partial charge in [-0.2, -0.15) is 4.72 Å². The molecule has 2 rings (SSSR count). The topological polar surface area (TPSA) is 68.3 Å². The first kappa shape index (κ1) is 10.7. The van der Waals surface area contributed by atoms with E-state index in [0.29, 0.717) is 13.2 Å². The fourth-order valence-electron chi connectivity index (χ4n) is 1.31. The molecule has 5 nitrogen and oxygen atoms in total. The fraction of sp³-hybridized carbons (Fsp3) is 0.375. The van der Waals surface area contributed by atoms with Crippen molar-refractivity contribution in [1.82, 2.24) is 9.71 Å². The summed E-state index contributed by atoms with van der Waals surface area (Å²) < 4.78 is 30.4. The maximum Gasteiger partial charge on any atom is 0.234 e. The first-order valence-corrected chi connectivity index (χ1v) is 6.65. The summed E-state index contributed by atoms with van der Waals surface area (Å²) in [5.41, 5.74) is -0.693. The largest absolute Gasteiger partial charge is 0.376 e. The smallest absolute Gasteiger partial charge is 0.234 e. The van der Waals surface area contributed by atoms with E-state index < -0.39 is 15.6 Å². The highest BCUT2D eigenvalue weighted by molar-refractivity contribution is 7.92. The quantitative estimate of drug-likeness (QED) is 0.836. The van der Waals surface area contributed by atoms with E-state index >= 15 is 0 Å². The maximum atomic E-state index is 11.4. The molecule has 15 heavy (non-hydrogen) atoms. The van der Waals surface area contributed by atoms with Gasteiger partial charge in [0, 0.05) is 17.0 Å². The molecule has 0 radical (unpaired) electrons. The summed E-state index contributed by atoms with van der Waals surface area (Å²) in [6, 6.07) is 0. The molecule has 7 heteroatoms. The molecule has 1 saturated heterocycles. The van der Waals surface area contributed by atoms with E-state index in [2.05, 4.69) is 16.3 Å². The minimum atomic E-state index is -3.46. The predicted molar refractivity (Wildman–Crippen MR) is 56.9 cm³/mol. The number of thiazole rings is 1. The predicted octanol–water partition coefficient (Wildman–Crippen LogP) is 0.431. The van der Waals surface area contributed by atoms with Crippen LogP contribution in [0.1, 0.15) is 5.01 Å². The van der Waals surface area contributed by atoms with Crippen molar-refractivity contribution < 1.29 is 13.2 Å². The van der Waals surface area contributed by atoms with Gasteiger partial charge in [0.1, 0.15) is 10.5 Å². The van der Waals surface area contributed by atoms with Crippen LogP contribution in [0.25, 0.3) is 0 Å². The van der Waals surface area contributed by atoms with Gasteiger partial charge in [-0.3, -0.25) is 0 Å². The molecule has 0 amide bonds. The third-order valence-corrected chi connectivity index (χ3v) is 4.19. The summed E-state index contributed by atoms with van der Waals surface area (Å²) in [5.74, 6) is 0. The van der Waals surface area contributed by atoms with Crippen LogP contribution >= 0.6 is 11.3 Å². The first-order valence-electron chi connectivity index (χ1n) is 4.22. The van der Waals surface area contributed by atoms with Crippen molar-refractivity contribution in [2.45, 2.75) is 5.54 Å². The molecule has 2 heterocycles. The lowest BCUT2D eigenvalue weighted by Gasteiger charge is -2.39. The molecule has 0 aliphatic carbocycles. The van der Waals surface area contributed by atoms with Gasteiger partial charge < -0.3 is 4.74 Å². The fourth-order valence-corrected chi connectivity index (χ4v) is 2.98. The van der Waals surface area contributed by atoms with Crippen LogP contribution in [-0.2, 0) is 20.3 Å². The van der Waals surface area contributed by atoms with Crippen molar-refractivity contribution in [1.29, 1.82) is 0 Å². The number of sulfonamides is 1. The molecule has 0 bridgehead atoms. The van der Waals surface area contributed by atoms with E-state index in [1.54, 1.807) is 11.6 Å². The van der Waals surface area contributed by atoms with Gasteiger partial charge in [-0.05, 0) is 0 Å². The summed E-state index contributed by atoms with van der Waals surface area (Å²) >= 11 is 1.40. The third-order valence-electron chi connectivity index (χ3n) is 2.10. The highest BCUT2D eigenvalue weighted by Gasteiger charge is 2.45. The number of hydrogen-bond acceptors (Lipinski definition) is 5. The minimum absolute atomic E-state index is 0.313. The van der Waals surface area contributed by atoms with E-state index in [9.17, 15) is 8.42 Å². The van der Waals surface area contributed by atoms with Crippen molar-refractivity contribution in [3.63, 3.8) is 0 Å². The van der Waals surface area contributed by atoms with E-state index in [1.165, 1.54) is 11.3 Å². The van der Waals surface area contributed by atoms with Crippen LogP contribution in [0, 0.1) is 0 Å². The summed E-state index contributed by atoms with van der Waals surface area (Å²) in [6.45, 7) is 3.87. The molecular formula is C8H10N2O3S2. The SMILES string of the molecule is C=CS(=O)(=O)NC1(c2nccs2)COC1. The minimum Gasteiger partial charge on any atom is -0.376 e. The Hall–Kier alpha value is -0.760. The highest BCUT2D eigenvalue weighted by Crippen LogP contribution is 2.31. The van der Waals surface area contributed by atoms with Crippen LogP contribution in [-0.4, -0.2) is 26.6 Å². The molecule has 0 atom stereocenters. The molecule has 1 aromatic heterocycles. The van der Waals surface area contributed by atoms with E-state index in [1.807, 2.05) is 0 Å². The Morgan fingerprint density at radius 2 is 2.40 bits per heavy atom. The molecule has 1 fully saturated rings. The Morgan fingerprint density at radius 1 is 1.67 bits per heavy atom. The molecule has 1 aliphatic rings. The van der Waals surface area contributed by atoms with Gasteiger partial charge in [-0.1, -0.05) is 6.58 Å². The van der Waals surface area contributed by atoms with Gasteiger partial charge in [-0.25, -0.2) is 13.4 Å². The molecule has 0 saturated carbocycles. The lowest BCUT2D eigenvalue weighted by atomic mass is 10.0. The van der Waals surface area contributed by atoms with Crippen LogP contribution in [0.2, 0.25) is 0 Å². The number of nitrogens with one attached hydrogen (secondary N) is 1. The molecule has 0 unspecified atom stereocenters. The highest BCUT2D eigenvalue weighted by atomic mass is 32.2. The molecule has 1 aliphatic heterocycles. The second kappa shape index (κ2) is 3.67. The van der Waals surface area contributed by atoms with Crippen LogP contribution in [0.5, 0.6) is 0 Å². The van der Waals surface area contributed by atoms with Crippen LogP contribution in [0.4, 0.5) is 0 Å². The lowest BCUT2D eigenvalue weighted by Crippen LogP contribution is -2.58. The van der Waals surface area contributed by atoms with E-state index in [0.717, 1.165) is 10.4 Å². The van der Waals surface area contributed by atoms with Crippen molar-refractivity contribution in [3.05, 3.63) is 28.6 Å². The molecule has 82 valence electrons. The zero-order chi connectivity index (χ0) is 10.9. The van der Waals surface area contributed by atoms with Crippen molar-refractivity contribution in [3.8, 4) is 0 Å². The van der Waals surface area contributed by atoms with E-state index in [4.69, 9.17) is 4.74 Å². The third kappa shape index (κ3) is 1.96. The van der Waals surface area contributed by atoms with E-state index in [-0.39, 0.29) is 0 Å². The average molecular weight is 246 g/mol. The van der Waals surface area contributed by atoms with Gasteiger partial charge in [0.15, 0.2) is 0 Å². The van der Waals surface area contributed by atoms with Gasteiger partial charge in [-0.15, -0.1) is 11.3 Å². The Bertz CT molecular complexity index is 448. The Morgan fingerprint density at radius 3 is 2.80 bits per heavy atom. The first-order chi connectivity index (χ1) is 7.08. The second-order valence-corrected chi connectivity index (χ2v) is 5.75. The molecule has 0 spiro atoms. The molecule has 1 aromatic rings. The Kier molecular flexibility index (Phi) is 2.63. The number of ether oxygens (including phenoxy) is 1. The number of aromatic nitrogens is 1. The van der Waals surface area contributed by atoms with Gasteiger partial charge in [0.25, 0.3) is 0 Å². The summed E-state index contributed by atoms with van der Waals surface area (Å²) in [6.07, 6.45) is 1.64. The zero-order valence-corrected chi connectivity index (χ0v) is 9.47. The van der Waals surface area contributed by atoms with Crippen LogP contribution in [0.15, 0.2) is 23.6 Å². The number of rotatable bonds is 4. The Balaban J connectivity index is 2.28. The van der Waals surface area contributed by atoms with Crippen molar-refractivity contribution >= 4 is 21.4 Å². The molecule has 0 aromatic carbocycles. The van der Waals surface area contributed by atoms with Gasteiger partial charge in [0.2, 0.25) is 10.0 Å². The number of hydrogen-bond donors (Lipinski definition) is 1. The molecule has 1 N–H and O–H groups in total. The normalized spacial score (nSPS) is 19.5. The van der Waals surface area contributed by atoms with Crippen LogP contribution in [0.3, 0.4) is 0 Å². The van der Waals surface area contributed by atoms with Gasteiger partial charge >= 0.3 is 0 Å². The van der Waals surface area contributed by atoms with Crippen molar-refractivity contribution in [2.24, 2.45) is 0 Å². The standard InChI is InChI=1S/C8H10N2O3S2/c1-2-15(11,12)10-8(5-13-6-8)7-9-3-4-14-7/h2-4,10H,1,5-6H2. The summed E-state index contributed by atoms with van der Waals surface area (Å²) in [4.78, 5) is 4.11. The van der Waals surface area contributed by atoms with Crippen LogP contribution < -0.4 is 4.72 Å². The lowest BCUT2D eigenvalue weighted by molar-refractivity contribution is -0.0663. The monoisotopic (exact) mass is 246 g/mol.